The molecule has 2 aliphatic rings. The van der Waals surface area contributed by atoms with Gasteiger partial charge >= 0.3 is 0 Å². The molecule has 0 radical (unpaired) electrons. The Labute approximate surface area is 122 Å². The number of nitrogens with two attached hydrogens (primary N) is 1. The molecule has 2 heterocycles. The SMILES string of the molecule is Cn1cc([C@@H]2CN(CCC(C)(C)C3CC3)C[C@H]2N)cn1. The molecule has 1 saturated carbocycles. The maximum Gasteiger partial charge on any atom is 0.0525 e. The van der Waals surface area contributed by atoms with Crippen molar-refractivity contribution in [3.63, 3.8) is 0 Å². The van der Waals surface area contributed by atoms with E-state index in [-0.39, 0.29) is 6.04 Å². The fourth-order valence-corrected chi connectivity index (χ4v) is 3.60. The number of aromatic nitrogens is 2. The molecular weight excluding hydrogens is 248 g/mol. The first-order chi connectivity index (χ1) is 9.45. The highest BCUT2D eigenvalue weighted by molar-refractivity contribution is 5.17. The van der Waals surface area contributed by atoms with E-state index in [1.165, 1.54) is 31.4 Å². The van der Waals surface area contributed by atoms with Crippen molar-refractivity contribution >= 4 is 0 Å². The van der Waals surface area contributed by atoms with Gasteiger partial charge in [0.1, 0.15) is 0 Å². The van der Waals surface area contributed by atoms with E-state index in [4.69, 9.17) is 5.73 Å². The lowest BCUT2D eigenvalue weighted by Crippen LogP contribution is -2.30. The van der Waals surface area contributed by atoms with E-state index in [0.29, 0.717) is 11.3 Å². The fraction of sp³-hybridized carbons (Fsp3) is 0.812. The zero-order chi connectivity index (χ0) is 14.3. The highest BCUT2D eigenvalue weighted by Crippen LogP contribution is 2.47. The molecule has 0 spiro atoms. The van der Waals surface area contributed by atoms with Crippen LogP contribution in [0, 0.1) is 11.3 Å². The predicted octanol–water partition coefficient (Wildman–Crippen LogP) is 1.97. The molecule has 1 aromatic heterocycles. The molecule has 20 heavy (non-hydrogen) atoms. The van der Waals surface area contributed by atoms with E-state index in [1.54, 1.807) is 0 Å². The molecule has 1 aromatic rings. The van der Waals surface area contributed by atoms with Crippen molar-refractivity contribution < 1.29 is 0 Å². The number of aryl methyl sites for hydroxylation is 1. The largest absolute Gasteiger partial charge is 0.326 e. The third-order valence-electron chi connectivity index (χ3n) is 5.35. The summed E-state index contributed by atoms with van der Waals surface area (Å²) in [5, 5.41) is 4.28. The normalized spacial score (nSPS) is 28.2. The molecule has 1 saturated heterocycles. The summed E-state index contributed by atoms with van der Waals surface area (Å²) in [6.45, 7) is 8.17. The second-order valence-corrected chi connectivity index (χ2v) is 7.49. The van der Waals surface area contributed by atoms with Gasteiger partial charge in [0, 0.05) is 38.3 Å². The molecule has 0 bridgehead atoms. The van der Waals surface area contributed by atoms with Gasteiger partial charge in [0.15, 0.2) is 0 Å². The van der Waals surface area contributed by atoms with Crippen molar-refractivity contribution in [3.05, 3.63) is 18.0 Å². The van der Waals surface area contributed by atoms with E-state index in [1.807, 2.05) is 17.9 Å². The van der Waals surface area contributed by atoms with Gasteiger partial charge in [0.25, 0.3) is 0 Å². The fourth-order valence-electron chi connectivity index (χ4n) is 3.60. The standard InChI is InChI=1S/C16H28N4/c1-16(2,13-4-5-13)6-7-20-10-14(15(17)11-20)12-8-18-19(3)9-12/h8-9,13-15H,4-7,10-11,17H2,1-3H3/t14-,15+/m0/s1. The first-order valence-corrected chi connectivity index (χ1v) is 7.92. The van der Waals surface area contributed by atoms with Crippen LogP contribution in [0.5, 0.6) is 0 Å². The topological polar surface area (TPSA) is 47.1 Å². The average Bonchev–Trinajstić information content (AvgIpc) is 3.07. The van der Waals surface area contributed by atoms with Crippen molar-refractivity contribution in [3.8, 4) is 0 Å². The van der Waals surface area contributed by atoms with Crippen LogP contribution in [0.4, 0.5) is 0 Å². The van der Waals surface area contributed by atoms with Crippen molar-refractivity contribution in [2.24, 2.45) is 24.1 Å². The van der Waals surface area contributed by atoms with Crippen LogP contribution in [0.1, 0.15) is 44.6 Å². The first kappa shape index (κ1) is 14.1. The van der Waals surface area contributed by atoms with E-state index >= 15 is 0 Å². The zero-order valence-corrected chi connectivity index (χ0v) is 13.0. The van der Waals surface area contributed by atoms with Crippen LogP contribution in [-0.4, -0.2) is 40.4 Å². The van der Waals surface area contributed by atoms with Crippen LogP contribution < -0.4 is 5.73 Å². The number of nitrogens with zero attached hydrogens (tertiary/aromatic N) is 3. The van der Waals surface area contributed by atoms with Crippen LogP contribution in [-0.2, 0) is 7.05 Å². The smallest absolute Gasteiger partial charge is 0.0525 e. The van der Waals surface area contributed by atoms with Crippen LogP contribution in [0.25, 0.3) is 0 Å². The third kappa shape index (κ3) is 2.91. The Bertz CT molecular complexity index is 461. The predicted molar refractivity (Wildman–Crippen MR) is 81.5 cm³/mol. The highest BCUT2D eigenvalue weighted by Gasteiger charge is 2.38. The minimum absolute atomic E-state index is 0.253. The summed E-state index contributed by atoms with van der Waals surface area (Å²) >= 11 is 0. The number of likely N-dealkylation sites (tertiary alicyclic amines) is 1. The van der Waals surface area contributed by atoms with E-state index in [0.717, 1.165) is 19.0 Å². The molecule has 2 atom stereocenters. The maximum absolute atomic E-state index is 6.34. The summed E-state index contributed by atoms with van der Waals surface area (Å²) in [6.07, 6.45) is 8.25. The van der Waals surface area contributed by atoms with Gasteiger partial charge < -0.3 is 10.6 Å². The Morgan fingerprint density at radius 3 is 2.70 bits per heavy atom. The Morgan fingerprint density at radius 1 is 1.35 bits per heavy atom. The lowest BCUT2D eigenvalue weighted by Gasteiger charge is -2.27. The van der Waals surface area contributed by atoms with E-state index in [9.17, 15) is 0 Å². The quantitative estimate of drug-likeness (QED) is 0.894. The molecule has 0 amide bonds. The molecule has 4 nitrogen and oxygen atoms in total. The summed E-state index contributed by atoms with van der Waals surface area (Å²) in [4.78, 5) is 2.55. The maximum atomic E-state index is 6.34. The third-order valence-corrected chi connectivity index (χ3v) is 5.35. The summed E-state index contributed by atoms with van der Waals surface area (Å²) in [6, 6.07) is 0.253. The molecule has 4 heteroatoms. The summed E-state index contributed by atoms with van der Waals surface area (Å²) < 4.78 is 1.88. The van der Waals surface area contributed by atoms with Gasteiger partial charge in [0.2, 0.25) is 0 Å². The molecule has 1 aliphatic heterocycles. The lowest BCUT2D eigenvalue weighted by molar-refractivity contribution is 0.220. The number of rotatable bonds is 5. The Kier molecular flexibility index (Phi) is 3.63. The zero-order valence-electron chi connectivity index (χ0n) is 13.0. The Hall–Kier alpha value is -0.870. The van der Waals surface area contributed by atoms with E-state index in [2.05, 4.69) is 30.0 Å². The van der Waals surface area contributed by atoms with E-state index < -0.39 is 0 Å². The highest BCUT2D eigenvalue weighted by atomic mass is 15.2. The Balaban J connectivity index is 1.55. The van der Waals surface area contributed by atoms with Crippen molar-refractivity contribution in [2.45, 2.75) is 45.1 Å². The lowest BCUT2D eigenvalue weighted by atomic mass is 9.84. The van der Waals surface area contributed by atoms with Gasteiger partial charge in [-0.2, -0.15) is 5.10 Å². The minimum atomic E-state index is 0.253. The summed E-state index contributed by atoms with van der Waals surface area (Å²) in [7, 11) is 1.97. The van der Waals surface area contributed by atoms with Crippen LogP contribution in [0.15, 0.2) is 12.4 Å². The molecule has 1 aliphatic carbocycles. The number of hydrogen-bond acceptors (Lipinski definition) is 3. The van der Waals surface area contributed by atoms with Crippen LogP contribution in [0.3, 0.4) is 0 Å². The molecular formula is C16H28N4. The van der Waals surface area contributed by atoms with Gasteiger partial charge in [-0.3, -0.25) is 4.68 Å². The first-order valence-electron chi connectivity index (χ1n) is 7.92. The van der Waals surface area contributed by atoms with Crippen LogP contribution in [0.2, 0.25) is 0 Å². The molecule has 2 fully saturated rings. The molecule has 112 valence electrons. The van der Waals surface area contributed by atoms with Gasteiger partial charge in [-0.1, -0.05) is 13.8 Å². The molecule has 3 rings (SSSR count). The molecule has 0 unspecified atom stereocenters. The Morgan fingerprint density at radius 2 is 2.10 bits per heavy atom. The van der Waals surface area contributed by atoms with Crippen molar-refractivity contribution in [1.82, 2.24) is 14.7 Å². The van der Waals surface area contributed by atoms with Crippen molar-refractivity contribution in [1.29, 1.82) is 0 Å². The van der Waals surface area contributed by atoms with Gasteiger partial charge in [-0.05, 0) is 42.7 Å². The van der Waals surface area contributed by atoms with Crippen LogP contribution >= 0.6 is 0 Å². The summed E-state index contributed by atoms with van der Waals surface area (Å²) in [5.41, 5.74) is 8.15. The molecule has 0 aromatic carbocycles. The monoisotopic (exact) mass is 276 g/mol. The summed E-state index contributed by atoms with van der Waals surface area (Å²) in [5.74, 6) is 1.42. The number of hydrogen-bond donors (Lipinski definition) is 1. The minimum Gasteiger partial charge on any atom is -0.326 e. The second-order valence-electron chi connectivity index (χ2n) is 7.49. The van der Waals surface area contributed by atoms with Gasteiger partial charge in [0.05, 0.1) is 6.20 Å². The van der Waals surface area contributed by atoms with Crippen molar-refractivity contribution in [2.75, 3.05) is 19.6 Å². The van der Waals surface area contributed by atoms with Gasteiger partial charge in [-0.15, -0.1) is 0 Å². The molecule has 2 N–H and O–H groups in total. The average molecular weight is 276 g/mol. The second kappa shape index (κ2) is 5.15. The van der Waals surface area contributed by atoms with Gasteiger partial charge in [-0.25, -0.2) is 0 Å².